The van der Waals surface area contributed by atoms with Crippen molar-refractivity contribution in [2.45, 2.75) is 20.8 Å². The van der Waals surface area contributed by atoms with Crippen LogP contribution in [0.3, 0.4) is 0 Å². The normalized spacial score (nSPS) is 11.7. The Hall–Kier alpha value is -3.19. The molecule has 0 aliphatic carbocycles. The first-order chi connectivity index (χ1) is 14.2. The molecule has 6 nitrogen and oxygen atoms in total. The van der Waals surface area contributed by atoms with E-state index >= 15 is 0 Å². The van der Waals surface area contributed by atoms with E-state index in [-0.39, 0.29) is 6.54 Å². The molecule has 156 valence electrons. The molecule has 1 N–H and O–H groups in total. The van der Waals surface area contributed by atoms with Gasteiger partial charge >= 0.3 is 0 Å². The fourth-order valence-corrected chi connectivity index (χ4v) is 4.13. The molecule has 0 radical (unpaired) electrons. The van der Waals surface area contributed by atoms with Gasteiger partial charge in [-0.15, -0.1) is 0 Å². The number of nitrogens with zero attached hydrogens (tertiary/aromatic N) is 2. The van der Waals surface area contributed by atoms with E-state index in [1.54, 1.807) is 18.3 Å². The zero-order valence-electron chi connectivity index (χ0n) is 17.5. The topological polar surface area (TPSA) is 78.8 Å². The molecular weight excluding hydrogens is 398 g/mol. The predicted octanol–water partition coefficient (Wildman–Crippen LogP) is 3.68. The fourth-order valence-electron chi connectivity index (χ4n) is 3.26. The smallest absolute Gasteiger partial charge is 0.260 e. The summed E-state index contributed by atoms with van der Waals surface area (Å²) >= 11 is 0. The fraction of sp³-hybridized carbons (Fsp3) is 0.217. The first kappa shape index (κ1) is 21.5. The molecule has 0 bridgehead atoms. The molecule has 30 heavy (non-hydrogen) atoms. The number of fused-ring (bicyclic) bond motifs is 1. The number of hydrogen-bond donors (Lipinski definition) is 1. The summed E-state index contributed by atoms with van der Waals surface area (Å²) in [6.45, 7) is 5.71. The standard InChI is InChI=1S/C23H25N3O3S/c1-16-12-13-20(18(3)17(16)2)14-24-25-23(27)15-26(30(4,28)29)22-11-7-9-19-8-5-6-10-21(19)22/h5-14H,15H2,1-4H3,(H,25,27)/b24-14-. The van der Waals surface area contributed by atoms with Crippen molar-refractivity contribution in [1.29, 1.82) is 0 Å². The average Bonchev–Trinajstić information content (AvgIpc) is 2.71. The Kier molecular flexibility index (Phi) is 6.22. The van der Waals surface area contributed by atoms with Crippen molar-refractivity contribution in [2.24, 2.45) is 5.10 Å². The Morgan fingerprint density at radius 1 is 1.00 bits per heavy atom. The summed E-state index contributed by atoms with van der Waals surface area (Å²) < 4.78 is 26.0. The van der Waals surface area contributed by atoms with Gasteiger partial charge in [0.15, 0.2) is 0 Å². The lowest BCUT2D eigenvalue weighted by molar-refractivity contribution is -0.119. The number of sulfonamides is 1. The lowest BCUT2D eigenvalue weighted by Crippen LogP contribution is -2.39. The summed E-state index contributed by atoms with van der Waals surface area (Å²) in [6, 6.07) is 16.7. The summed E-state index contributed by atoms with van der Waals surface area (Å²) in [6.07, 6.45) is 2.66. The van der Waals surface area contributed by atoms with E-state index in [2.05, 4.69) is 10.5 Å². The van der Waals surface area contributed by atoms with Crippen LogP contribution in [0.5, 0.6) is 0 Å². The number of rotatable bonds is 6. The Balaban J connectivity index is 1.81. The lowest BCUT2D eigenvalue weighted by Gasteiger charge is -2.23. The highest BCUT2D eigenvalue weighted by Crippen LogP contribution is 2.28. The number of hydrazone groups is 1. The SMILES string of the molecule is Cc1ccc(/C=N\NC(=O)CN(c2cccc3ccccc23)S(C)(=O)=O)c(C)c1C. The summed E-state index contributed by atoms with van der Waals surface area (Å²) in [5.74, 6) is -0.522. The number of carbonyl (C=O) groups excluding carboxylic acids is 1. The molecule has 0 atom stereocenters. The Morgan fingerprint density at radius 3 is 2.43 bits per heavy atom. The quantitative estimate of drug-likeness (QED) is 0.485. The van der Waals surface area contributed by atoms with E-state index < -0.39 is 15.9 Å². The van der Waals surface area contributed by atoms with Crippen LogP contribution in [0, 0.1) is 20.8 Å². The monoisotopic (exact) mass is 423 g/mol. The second-order valence-corrected chi connectivity index (χ2v) is 9.19. The number of benzene rings is 3. The van der Waals surface area contributed by atoms with E-state index in [0.29, 0.717) is 5.69 Å². The molecule has 0 saturated heterocycles. The molecule has 3 aromatic rings. The molecule has 3 rings (SSSR count). The van der Waals surface area contributed by atoms with Gasteiger partial charge in [-0.25, -0.2) is 13.8 Å². The molecule has 0 unspecified atom stereocenters. The highest BCUT2D eigenvalue weighted by Gasteiger charge is 2.22. The summed E-state index contributed by atoms with van der Waals surface area (Å²) in [5, 5.41) is 5.67. The van der Waals surface area contributed by atoms with Crippen LogP contribution in [0.2, 0.25) is 0 Å². The minimum absolute atomic E-state index is 0.365. The Bertz CT molecular complexity index is 1230. The van der Waals surface area contributed by atoms with Gasteiger partial charge in [0.2, 0.25) is 10.0 Å². The van der Waals surface area contributed by atoms with Crippen molar-refractivity contribution in [3.05, 3.63) is 76.9 Å². The van der Waals surface area contributed by atoms with Gasteiger partial charge in [-0.1, -0.05) is 48.5 Å². The first-order valence-electron chi connectivity index (χ1n) is 9.52. The maximum Gasteiger partial charge on any atom is 0.260 e. The summed E-state index contributed by atoms with van der Waals surface area (Å²) in [4.78, 5) is 12.5. The van der Waals surface area contributed by atoms with Gasteiger partial charge in [-0.05, 0) is 54.5 Å². The largest absolute Gasteiger partial charge is 0.271 e. The molecule has 0 aliphatic heterocycles. The zero-order valence-corrected chi connectivity index (χ0v) is 18.3. The van der Waals surface area contributed by atoms with Crippen LogP contribution >= 0.6 is 0 Å². The van der Waals surface area contributed by atoms with Crippen LogP contribution < -0.4 is 9.73 Å². The molecule has 0 heterocycles. The number of hydrogen-bond acceptors (Lipinski definition) is 4. The Labute approximate surface area is 177 Å². The van der Waals surface area contributed by atoms with Crippen molar-refractivity contribution < 1.29 is 13.2 Å². The van der Waals surface area contributed by atoms with Crippen LogP contribution in [0.25, 0.3) is 10.8 Å². The molecule has 0 aromatic heterocycles. The molecule has 1 amide bonds. The van der Waals surface area contributed by atoms with Crippen molar-refractivity contribution in [3.8, 4) is 0 Å². The maximum absolute atomic E-state index is 12.5. The van der Waals surface area contributed by atoms with Gasteiger partial charge in [-0.3, -0.25) is 9.10 Å². The molecular formula is C23H25N3O3S. The van der Waals surface area contributed by atoms with E-state index in [9.17, 15) is 13.2 Å². The van der Waals surface area contributed by atoms with Crippen LogP contribution in [0.15, 0.2) is 59.7 Å². The highest BCUT2D eigenvalue weighted by atomic mass is 32.2. The molecule has 0 spiro atoms. The average molecular weight is 424 g/mol. The minimum Gasteiger partial charge on any atom is -0.271 e. The third-order valence-corrected chi connectivity index (χ3v) is 6.34. The number of anilines is 1. The van der Waals surface area contributed by atoms with Gasteiger partial charge in [0.05, 0.1) is 18.2 Å². The number of carbonyl (C=O) groups is 1. The van der Waals surface area contributed by atoms with Gasteiger partial charge in [0, 0.05) is 5.39 Å². The molecule has 7 heteroatoms. The van der Waals surface area contributed by atoms with Gasteiger partial charge in [0.1, 0.15) is 6.54 Å². The lowest BCUT2D eigenvalue weighted by atomic mass is 10.00. The van der Waals surface area contributed by atoms with Crippen molar-refractivity contribution in [3.63, 3.8) is 0 Å². The van der Waals surface area contributed by atoms with Crippen molar-refractivity contribution in [2.75, 3.05) is 17.1 Å². The van der Waals surface area contributed by atoms with Crippen LogP contribution in [0.4, 0.5) is 5.69 Å². The van der Waals surface area contributed by atoms with E-state index in [4.69, 9.17) is 0 Å². The van der Waals surface area contributed by atoms with Gasteiger partial charge < -0.3 is 0 Å². The zero-order chi connectivity index (χ0) is 21.9. The van der Waals surface area contributed by atoms with E-state index in [1.807, 2.05) is 63.2 Å². The molecule has 0 fully saturated rings. The number of aryl methyl sites for hydroxylation is 1. The number of nitrogens with one attached hydrogen (secondary N) is 1. The van der Waals surface area contributed by atoms with Crippen LogP contribution in [-0.4, -0.2) is 33.3 Å². The summed E-state index contributed by atoms with van der Waals surface area (Å²) in [5.41, 5.74) is 7.23. The van der Waals surface area contributed by atoms with Gasteiger partial charge in [0.25, 0.3) is 5.91 Å². The number of amides is 1. The predicted molar refractivity (Wildman–Crippen MR) is 123 cm³/mol. The molecule has 0 saturated carbocycles. The molecule has 3 aromatic carbocycles. The highest BCUT2D eigenvalue weighted by molar-refractivity contribution is 7.92. The summed E-state index contributed by atoms with van der Waals surface area (Å²) in [7, 11) is -3.68. The van der Waals surface area contributed by atoms with Gasteiger partial charge in [-0.2, -0.15) is 5.10 Å². The van der Waals surface area contributed by atoms with Crippen LogP contribution in [0.1, 0.15) is 22.3 Å². The third-order valence-electron chi connectivity index (χ3n) is 5.22. The van der Waals surface area contributed by atoms with E-state index in [0.717, 1.165) is 32.5 Å². The Morgan fingerprint density at radius 2 is 1.70 bits per heavy atom. The van der Waals surface area contributed by atoms with E-state index in [1.165, 1.54) is 11.1 Å². The van der Waals surface area contributed by atoms with Crippen molar-refractivity contribution in [1.82, 2.24) is 5.43 Å². The second-order valence-electron chi connectivity index (χ2n) is 7.28. The second kappa shape index (κ2) is 8.67. The first-order valence-corrected chi connectivity index (χ1v) is 11.4. The maximum atomic E-state index is 12.5. The minimum atomic E-state index is -3.68. The molecule has 0 aliphatic rings. The van der Waals surface area contributed by atoms with Crippen molar-refractivity contribution >= 4 is 38.6 Å². The van der Waals surface area contributed by atoms with Crippen LogP contribution in [-0.2, 0) is 14.8 Å². The third kappa shape index (κ3) is 4.68.